The predicted molar refractivity (Wildman–Crippen MR) is 110 cm³/mol. The SMILES string of the molecule is CCCCCCCCCCCCCCC(O)CCCCCCCC. The number of rotatable bonds is 20. The number of aliphatic hydroxyl groups excluding tert-OH is 1. The lowest BCUT2D eigenvalue weighted by molar-refractivity contribution is 0.147. The minimum atomic E-state index is -0.0284. The van der Waals surface area contributed by atoms with Crippen molar-refractivity contribution in [3.05, 3.63) is 0 Å². The molecule has 0 radical (unpaired) electrons. The summed E-state index contributed by atoms with van der Waals surface area (Å²) in [6, 6.07) is 0. The summed E-state index contributed by atoms with van der Waals surface area (Å²) in [6.45, 7) is 4.55. The van der Waals surface area contributed by atoms with Crippen LogP contribution in [-0.2, 0) is 0 Å². The highest BCUT2D eigenvalue weighted by Gasteiger charge is 2.03. The highest BCUT2D eigenvalue weighted by Crippen LogP contribution is 2.15. The lowest BCUT2D eigenvalue weighted by Gasteiger charge is -2.10. The molecule has 0 aromatic heterocycles. The van der Waals surface area contributed by atoms with Gasteiger partial charge in [-0.1, -0.05) is 129 Å². The van der Waals surface area contributed by atoms with Gasteiger partial charge < -0.3 is 5.11 Å². The summed E-state index contributed by atoms with van der Waals surface area (Å²) in [5.41, 5.74) is 0. The molecule has 146 valence electrons. The first kappa shape index (κ1) is 24.0. The van der Waals surface area contributed by atoms with E-state index in [9.17, 15) is 5.11 Å². The van der Waals surface area contributed by atoms with E-state index in [1.807, 2.05) is 0 Å². The number of hydrogen-bond acceptors (Lipinski definition) is 1. The van der Waals surface area contributed by atoms with Gasteiger partial charge in [-0.05, 0) is 12.8 Å². The fourth-order valence-electron chi connectivity index (χ4n) is 3.53. The van der Waals surface area contributed by atoms with E-state index < -0.39 is 0 Å². The maximum Gasteiger partial charge on any atom is 0.0540 e. The maximum absolute atomic E-state index is 10.0. The van der Waals surface area contributed by atoms with Crippen molar-refractivity contribution in [2.24, 2.45) is 0 Å². The largest absolute Gasteiger partial charge is 0.393 e. The predicted octanol–water partition coefficient (Wildman–Crippen LogP) is 8.19. The molecule has 24 heavy (non-hydrogen) atoms. The monoisotopic (exact) mass is 340 g/mol. The van der Waals surface area contributed by atoms with Crippen LogP contribution < -0.4 is 0 Å². The molecule has 0 aliphatic heterocycles. The first-order chi connectivity index (χ1) is 11.8. The molecular weight excluding hydrogens is 292 g/mol. The normalized spacial score (nSPS) is 12.6. The summed E-state index contributed by atoms with van der Waals surface area (Å²) < 4.78 is 0. The van der Waals surface area contributed by atoms with Crippen LogP contribution in [-0.4, -0.2) is 11.2 Å². The van der Waals surface area contributed by atoms with Crippen LogP contribution in [0.4, 0.5) is 0 Å². The van der Waals surface area contributed by atoms with Crippen molar-refractivity contribution in [2.45, 2.75) is 148 Å². The molecule has 0 saturated heterocycles. The van der Waals surface area contributed by atoms with Crippen molar-refractivity contribution >= 4 is 0 Å². The van der Waals surface area contributed by atoms with E-state index >= 15 is 0 Å². The molecule has 0 aromatic carbocycles. The van der Waals surface area contributed by atoms with E-state index in [4.69, 9.17) is 0 Å². The van der Waals surface area contributed by atoms with Crippen LogP contribution in [0.5, 0.6) is 0 Å². The zero-order valence-electron chi connectivity index (χ0n) is 17.2. The molecule has 0 saturated carbocycles. The third kappa shape index (κ3) is 20.0. The van der Waals surface area contributed by atoms with Gasteiger partial charge in [0.15, 0.2) is 0 Å². The second kappa shape index (κ2) is 21.0. The fourth-order valence-corrected chi connectivity index (χ4v) is 3.53. The summed E-state index contributed by atoms with van der Waals surface area (Å²) in [5, 5.41) is 10.0. The lowest BCUT2D eigenvalue weighted by atomic mass is 10.0. The molecule has 0 aliphatic carbocycles. The van der Waals surface area contributed by atoms with Gasteiger partial charge in [0.05, 0.1) is 6.10 Å². The second-order valence-corrected chi connectivity index (χ2v) is 7.89. The first-order valence-electron chi connectivity index (χ1n) is 11.5. The van der Waals surface area contributed by atoms with Crippen molar-refractivity contribution in [3.8, 4) is 0 Å². The van der Waals surface area contributed by atoms with Gasteiger partial charge in [-0.3, -0.25) is 0 Å². The van der Waals surface area contributed by atoms with Gasteiger partial charge in [-0.25, -0.2) is 0 Å². The Labute approximate surface area is 154 Å². The summed E-state index contributed by atoms with van der Waals surface area (Å²) in [6.07, 6.45) is 26.8. The molecule has 0 fully saturated rings. The molecule has 1 nitrogen and oxygen atoms in total. The summed E-state index contributed by atoms with van der Waals surface area (Å²) in [4.78, 5) is 0. The van der Waals surface area contributed by atoms with Crippen molar-refractivity contribution in [2.75, 3.05) is 0 Å². The molecule has 0 amide bonds. The Morgan fingerprint density at radius 2 is 0.667 bits per heavy atom. The molecule has 0 aliphatic rings. The van der Waals surface area contributed by atoms with Gasteiger partial charge in [0.25, 0.3) is 0 Å². The average Bonchev–Trinajstić information content (AvgIpc) is 2.59. The Morgan fingerprint density at radius 3 is 0.958 bits per heavy atom. The number of aliphatic hydroxyl groups is 1. The van der Waals surface area contributed by atoms with Crippen molar-refractivity contribution < 1.29 is 5.11 Å². The Hall–Kier alpha value is -0.0400. The molecule has 1 atom stereocenters. The Kier molecular flexibility index (Phi) is 21.0. The quantitative estimate of drug-likeness (QED) is 0.221. The fraction of sp³-hybridized carbons (Fsp3) is 1.00. The molecule has 0 spiro atoms. The molecule has 0 heterocycles. The topological polar surface area (TPSA) is 20.2 Å². The Morgan fingerprint density at radius 1 is 0.417 bits per heavy atom. The van der Waals surface area contributed by atoms with E-state index in [0.29, 0.717) is 0 Å². The van der Waals surface area contributed by atoms with Gasteiger partial charge in [0, 0.05) is 0 Å². The van der Waals surface area contributed by atoms with E-state index in [2.05, 4.69) is 13.8 Å². The minimum absolute atomic E-state index is 0.0284. The minimum Gasteiger partial charge on any atom is -0.393 e. The van der Waals surface area contributed by atoms with Crippen LogP contribution >= 0.6 is 0 Å². The summed E-state index contributed by atoms with van der Waals surface area (Å²) in [7, 11) is 0. The molecule has 1 N–H and O–H groups in total. The van der Waals surface area contributed by atoms with E-state index in [1.54, 1.807) is 0 Å². The molecule has 0 rings (SSSR count). The van der Waals surface area contributed by atoms with Gasteiger partial charge in [-0.2, -0.15) is 0 Å². The van der Waals surface area contributed by atoms with Gasteiger partial charge >= 0.3 is 0 Å². The van der Waals surface area contributed by atoms with Crippen LogP contribution in [0, 0.1) is 0 Å². The van der Waals surface area contributed by atoms with Crippen molar-refractivity contribution in [1.82, 2.24) is 0 Å². The Balaban J connectivity index is 3.10. The summed E-state index contributed by atoms with van der Waals surface area (Å²) in [5.74, 6) is 0. The lowest BCUT2D eigenvalue weighted by Crippen LogP contribution is -2.05. The van der Waals surface area contributed by atoms with Gasteiger partial charge in [0.1, 0.15) is 0 Å². The van der Waals surface area contributed by atoms with Crippen LogP contribution in [0.15, 0.2) is 0 Å². The maximum atomic E-state index is 10.0. The van der Waals surface area contributed by atoms with Crippen molar-refractivity contribution in [3.63, 3.8) is 0 Å². The smallest absolute Gasteiger partial charge is 0.0540 e. The zero-order chi connectivity index (χ0) is 17.7. The highest BCUT2D eigenvalue weighted by atomic mass is 16.3. The standard InChI is InChI=1S/C23H48O/c1-3-5-7-9-11-12-13-14-15-16-18-20-22-23(24)21-19-17-10-8-6-4-2/h23-24H,3-22H2,1-2H3. The van der Waals surface area contributed by atoms with Crippen LogP contribution in [0.2, 0.25) is 0 Å². The van der Waals surface area contributed by atoms with Crippen molar-refractivity contribution in [1.29, 1.82) is 0 Å². The van der Waals surface area contributed by atoms with Gasteiger partial charge in [0.2, 0.25) is 0 Å². The summed E-state index contributed by atoms with van der Waals surface area (Å²) >= 11 is 0. The van der Waals surface area contributed by atoms with Crippen LogP contribution in [0.25, 0.3) is 0 Å². The van der Waals surface area contributed by atoms with Crippen LogP contribution in [0.3, 0.4) is 0 Å². The number of hydrogen-bond donors (Lipinski definition) is 1. The molecule has 1 heteroatoms. The molecule has 1 unspecified atom stereocenters. The zero-order valence-corrected chi connectivity index (χ0v) is 17.2. The van der Waals surface area contributed by atoms with Gasteiger partial charge in [-0.15, -0.1) is 0 Å². The van der Waals surface area contributed by atoms with E-state index in [1.165, 1.54) is 116 Å². The molecule has 0 bridgehead atoms. The molecular formula is C23H48O. The Bertz CT molecular complexity index is 214. The van der Waals surface area contributed by atoms with E-state index in [-0.39, 0.29) is 6.10 Å². The highest BCUT2D eigenvalue weighted by molar-refractivity contribution is 4.57. The van der Waals surface area contributed by atoms with E-state index in [0.717, 1.165) is 12.8 Å². The third-order valence-corrected chi connectivity index (χ3v) is 5.28. The first-order valence-corrected chi connectivity index (χ1v) is 11.5. The third-order valence-electron chi connectivity index (χ3n) is 5.28. The number of unbranched alkanes of at least 4 members (excludes halogenated alkanes) is 16. The average molecular weight is 341 g/mol. The molecule has 0 aromatic rings. The second-order valence-electron chi connectivity index (χ2n) is 7.89. The van der Waals surface area contributed by atoms with Crippen LogP contribution in [0.1, 0.15) is 142 Å².